The molecule has 38 heavy (non-hydrogen) atoms. The highest BCUT2D eigenvalue weighted by Gasteiger charge is 2.46. The van der Waals surface area contributed by atoms with Gasteiger partial charge in [-0.3, -0.25) is 9.78 Å². The maximum atomic E-state index is 15.1. The van der Waals surface area contributed by atoms with Crippen molar-refractivity contribution in [1.29, 1.82) is 0 Å². The predicted octanol–water partition coefficient (Wildman–Crippen LogP) is 5.14. The number of rotatable bonds is 4. The van der Waals surface area contributed by atoms with Gasteiger partial charge in [-0.15, -0.1) is 0 Å². The number of benzene rings is 1. The minimum absolute atomic E-state index is 0.0125. The van der Waals surface area contributed by atoms with Gasteiger partial charge in [0.15, 0.2) is 0 Å². The summed E-state index contributed by atoms with van der Waals surface area (Å²) in [5, 5.41) is 4.63. The van der Waals surface area contributed by atoms with Crippen molar-refractivity contribution in [2.45, 2.75) is 49.8 Å². The Balaban J connectivity index is 1.41. The number of aromatic nitrogens is 3. The maximum absolute atomic E-state index is 15.1. The molecule has 1 aliphatic heterocycles. The Bertz CT molecular complexity index is 1740. The lowest BCUT2D eigenvalue weighted by Crippen LogP contribution is -2.44. The van der Waals surface area contributed by atoms with Gasteiger partial charge in [-0.05, 0) is 61.6 Å². The molecular formula is C28H24F3N5O2. The van der Waals surface area contributed by atoms with Gasteiger partial charge in [0.2, 0.25) is 0 Å². The summed E-state index contributed by atoms with van der Waals surface area (Å²) in [5.41, 5.74) is 8.62. The van der Waals surface area contributed by atoms with Crippen LogP contribution in [0.2, 0.25) is 0 Å². The van der Waals surface area contributed by atoms with Crippen molar-refractivity contribution in [1.82, 2.24) is 19.5 Å². The Morgan fingerprint density at radius 1 is 1.21 bits per heavy atom. The molecule has 0 saturated heterocycles. The van der Waals surface area contributed by atoms with Crippen LogP contribution in [-0.4, -0.2) is 39.0 Å². The number of nitrogens with two attached hydrogens (primary N) is 1. The number of hydrogen-bond donors (Lipinski definition) is 1. The first kappa shape index (κ1) is 20.1. The van der Waals surface area contributed by atoms with Crippen LogP contribution in [0.25, 0.3) is 16.6 Å². The third-order valence-corrected chi connectivity index (χ3v) is 8.11. The highest BCUT2D eigenvalue weighted by Crippen LogP contribution is 2.53. The first-order valence-corrected chi connectivity index (χ1v) is 12.3. The van der Waals surface area contributed by atoms with E-state index >= 15 is 4.39 Å². The van der Waals surface area contributed by atoms with E-state index in [4.69, 9.17) is 14.6 Å². The molecule has 2 atom stereocenters. The predicted molar refractivity (Wildman–Crippen MR) is 132 cm³/mol. The molecule has 1 aromatic carbocycles. The Hall–Kier alpha value is -3.92. The molecule has 2 N–H and O–H groups in total. The van der Waals surface area contributed by atoms with Crippen LogP contribution in [0.4, 0.5) is 13.2 Å². The van der Waals surface area contributed by atoms with Crippen molar-refractivity contribution in [2.24, 2.45) is 5.73 Å². The first-order valence-electron chi connectivity index (χ1n) is 13.8. The average molecular weight is 523 g/mol. The Morgan fingerprint density at radius 2 is 2.05 bits per heavy atom. The van der Waals surface area contributed by atoms with Crippen LogP contribution in [0.15, 0.2) is 48.8 Å². The number of fused-ring (bicyclic) bond motifs is 9. The number of nitrogens with zero attached hydrogens (tertiary/aromatic N) is 4. The molecule has 7 rings (SSSR count). The van der Waals surface area contributed by atoms with Gasteiger partial charge in [-0.25, -0.2) is 8.91 Å². The number of alkyl halides is 2. The molecule has 1 saturated carbocycles. The van der Waals surface area contributed by atoms with E-state index in [9.17, 15) is 13.6 Å². The monoisotopic (exact) mass is 522 g/mol. The van der Waals surface area contributed by atoms with E-state index in [1.807, 2.05) is 0 Å². The normalized spacial score (nSPS) is 22.8. The van der Waals surface area contributed by atoms with Crippen molar-refractivity contribution in [3.05, 3.63) is 82.7 Å². The zero-order chi connectivity index (χ0) is 28.8. The lowest BCUT2D eigenvalue weighted by atomic mass is 9.75. The molecule has 3 aliphatic rings. The van der Waals surface area contributed by atoms with Gasteiger partial charge < -0.3 is 15.4 Å². The SMILES string of the molecule is [2H]C([2H])([2H])N1C(=O)c2cccc(OC(F)F)c2[C@H]2C[C@@H]1c1nn3ccc(-c4cnc(C5(N)CCC5)c(F)c4)cc3c12. The molecule has 0 unspecified atom stereocenters. The molecule has 2 aliphatic carbocycles. The largest absolute Gasteiger partial charge is 0.434 e. The Labute approximate surface area is 220 Å². The molecule has 4 aromatic rings. The van der Waals surface area contributed by atoms with Gasteiger partial charge in [0.1, 0.15) is 11.6 Å². The molecule has 1 fully saturated rings. The van der Waals surface area contributed by atoms with E-state index in [1.54, 1.807) is 29.0 Å². The Morgan fingerprint density at radius 3 is 2.76 bits per heavy atom. The Kier molecular flexibility index (Phi) is 4.25. The van der Waals surface area contributed by atoms with E-state index in [-0.39, 0.29) is 29.0 Å². The highest BCUT2D eigenvalue weighted by atomic mass is 19.3. The molecular weight excluding hydrogens is 495 g/mol. The number of halogens is 3. The summed E-state index contributed by atoms with van der Waals surface area (Å²) >= 11 is 0. The number of amides is 1. The molecule has 0 spiro atoms. The van der Waals surface area contributed by atoms with Gasteiger partial charge >= 0.3 is 6.61 Å². The van der Waals surface area contributed by atoms with Crippen LogP contribution in [0.3, 0.4) is 0 Å². The summed E-state index contributed by atoms with van der Waals surface area (Å²) < 4.78 is 72.7. The van der Waals surface area contributed by atoms with Crippen LogP contribution in [0.5, 0.6) is 5.75 Å². The zero-order valence-electron chi connectivity index (χ0n) is 23.0. The van der Waals surface area contributed by atoms with E-state index in [2.05, 4.69) is 10.1 Å². The second-order valence-corrected chi connectivity index (χ2v) is 10.2. The smallest absolute Gasteiger partial charge is 0.387 e. The zero-order valence-corrected chi connectivity index (χ0v) is 20.0. The fourth-order valence-corrected chi connectivity index (χ4v) is 6.12. The number of hydrogen-bond acceptors (Lipinski definition) is 5. The van der Waals surface area contributed by atoms with Crippen LogP contribution in [0.1, 0.15) is 74.6 Å². The van der Waals surface area contributed by atoms with Crippen molar-refractivity contribution in [3.8, 4) is 16.9 Å². The van der Waals surface area contributed by atoms with Crippen molar-refractivity contribution < 1.29 is 26.8 Å². The summed E-state index contributed by atoms with van der Waals surface area (Å²) in [4.78, 5) is 18.7. The summed E-state index contributed by atoms with van der Waals surface area (Å²) in [6.07, 6.45) is 5.60. The van der Waals surface area contributed by atoms with Crippen molar-refractivity contribution in [3.63, 3.8) is 0 Å². The number of ether oxygens (including phenoxy) is 1. The van der Waals surface area contributed by atoms with Crippen LogP contribution in [0, 0.1) is 5.82 Å². The second kappa shape index (κ2) is 8.04. The van der Waals surface area contributed by atoms with Gasteiger partial charge in [0.05, 0.1) is 28.5 Å². The molecule has 3 aromatic heterocycles. The van der Waals surface area contributed by atoms with Gasteiger partial charge in [0, 0.05) is 51.7 Å². The summed E-state index contributed by atoms with van der Waals surface area (Å²) in [5.74, 6) is -2.15. The number of carbonyl (C=O) groups is 1. The lowest BCUT2D eigenvalue weighted by Gasteiger charge is -2.37. The van der Waals surface area contributed by atoms with E-state index in [1.165, 1.54) is 24.3 Å². The molecule has 1 amide bonds. The quantitative estimate of drug-likeness (QED) is 0.401. The molecule has 0 radical (unpaired) electrons. The standard InChI is InChI=1S/C28H24F3N5O2/c1-35-20-12-17(22-16(26(35)37)4-2-5-21(22)38-27(30)31)23-19-11-14(6-9-36(19)34-24(20)23)15-10-18(29)25(33-13-15)28(32)7-3-8-28/h2,4-6,9-11,13,17,20,27H,3,7-8,12,32H2,1H3/t17-,20-/m1/s1/i1D3. The summed E-state index contributed by atoms with van der Waals surface area (Å²) in [6, 6.07) is 8.12. The molecule has 2 bridgehead atoms. The lowest BCUT2D eigenvalue weighted by molar-refractivity contribution is -0.0505. The third-order valence-electron chi connectivity index (χ3n) is 8.11. The fourth-order valence-electron chi connectivity index (χ4n) is 6.12. The number of pyridine rings is 2. The minimum Gasteiger partial charge on any atom is -0.434 e. The van der Waals surface area contributed by atoms with E-state index in [0.717, 1.165) is 11.3 Å². The van der Waals surface area contributed by atoms with Crippen LogP contribution < -0.4 is 10.5 Å². The molecule has 7 nitrogen and oxygen atoms in total. The molecule has 194 valence electrons. The van der Waals surface area contributed by atoms with Gasteiger partial charge in [-0.1, -0.05) is 6.07 Å². The first-order chi connectivity index (χ1) is 19.5. The minimum atomic E-state index is -3.15. The number of carbonyl (C=O) groups excluding carboxylic acids is 1. The van der Waals surface area contributed by atoms with Crippen LogP contribution in [-0.2, 0) is 5.54 Å². The van der Waals surface area contributed by atoms with Crippen molar-refractivity contribution >= 4 is 11.4 Å². The van der Waals surface area contributed by atoms with E-state index < -0.39 is 42.8 Å². The summed E-state index contributed by atoms with van der Waals surface area (Å²) in [6.45, 7) is -5.97. The summed E-state index contributed by atoms with van der Waals surface area (Å²) in [7, 11) is 0. The molecule has 4 heterocycles. The average Bonchev–Trinajstić information content (AvgIpc) is 3.39. The van der Waals surface area contributed by atoms with Gasteiger partial charge in [-0.2, -0.15) is 13.9 Å². The van der Waals surface area contributed by atoms with Crippen LogP contribution >= 0.6 is 0 Å². The third kappa shape index (κ3) is 3.22. The topological polar surface area (TPSA) is 85.8 Å². The maximum Gasteiger partial charge on any atom is 0.387 e. The van der Waals surface area contributed by atoms with Crippen molar-refractivity contribution in [2.75, 3.05) is 6.98 Å². The molecule has 10 heteroatoms. The fraction of sp³-hybridized carbons (Fsp3) is 0.321. The highest BCUT2D eigenvalue weighted by molar-refractivity contribution is 5.98. The second-order valence-electron chi connectivity index (χ2n) is 10.2. The van der Waals surface area contributed by atoms with Gasteiger partial charge in [0.25, 0.3) is 5.91 Å². The van der Waals surface area contributed by atoms with E-state index in [0.29, 0.717) is 40.7 Å².